The normalized spacial score (nSPS) is 13.2. The zero-order valence-electron chi connectivity index (χ0n) is 26.8. The van der Waals surface area contributed by atoms with Crippen molar-refractivity contribution in [2.24, 2.45) is 0 Å². The molecule has 0 aliphatic heterocycles. The SMILES string of the molecule is C1=CCCC(c2ccccc2N(c2cccc(-c3cccc4oc5c6ccccc6ccc5c34)c2)c2cccc3c2oc2ccccc23)=C1. The third-order valence-corrected chi connectivity index (χ3v) is 9.93. The van der Waals surface area contributed by atoms with Crippen LogP contribution in [0.4, 0.5) is 17.1 Å². The Kier molecular flexibility index (Phi) is 6.31. The first-order valence-corrected chi connectivity index (χ1v) is 16.9. The lowest BCUT2D eigenvalue weighted by Gasteiger charge is -2.29. The second-order valence-corrected chi connectivity index (χ2v) is 12.8. The maximum absolute atomic E-state index is 6.66. The molecule has 0 unspecified atom stereocenters. The molecule has 0 spiro atoms. The van der Waals surface area contributed by atoms with Gasteiger partial charge in [0, 0.05) is 38.2 Å². The van der Waals surface area contributed by atoms with Gasteiger partial charge in [0.05, 0.1) is 11.4 Å². The molecular formula is C46H31NO2. The Bertz CT molecular complexity index is 2790. The molecule has 0 amide bonds. The van der Waals surface area contributed by atoms with Crippen molar-refractivity contribution in [1.29, 1.82) is 0 Å². The first kappa shape index (κ1) is 27.8. The molecule has 0 radical (unpaired) electrons. The minimum atomic E-state index is 0.872. The number of benzene rings is 7. The molecule has 9 aromatic rings. The van der Waals surface area contributed by atoms with Crippen molar-refractivity contribution in [1.82, 2.24) is 0 Å². The Morgan fingerprint density at radius 2 is 1.24 bits per heavy atom. The number of para-hydroxylation sites is 3. The number of furan rings is 2. The Morgan fingerprint density at radius 3 is 2.18 bits per heavy atom. The van der Waals surface area contributed by atoms with Crippen molar-refractivity contribution in [3.8, 4) is 11.1 Å². The van der Waals surface area contributed by atoms with E-state index in [1.165, 1.54) is 16.5 Å². The van der Waals surface area contributed by atoms with Crippen LogP contribution in [0, 0.1) is 0 Å². The van der Waals surface area contributed by atoms with E-state index in [-0.39, 0.29) is 0 Å². The maximum atomic E-state index is 6.66. The average molecular weight is 630 g/mol. The molecule has 2 heterocycles. The zero-order valence-corrected chi connectivity index (χ0v) is 26.8. The molecule has 0 bridgehead atoms. The van der Waals surface area contributed by atoms with E-state index in [0.717, 1.165) is 90.3 Å². The largest absolute Gasteiger partial charge is 0.455 e. The van der Waals surface area contributed by atoms with Crippen LogP contribution in [0.5, 0.6) is 0 Å². The van der Waals surface area contributed by atoms with Gasteiger partial charge in [-0.05, 0) is 77.4 Å². The van der Waals surface area contributed by atoms with Gasteiger partial charge in [-0.15, -0.1) is 0 Å². The molecule has 49 heavy (non-hydrogen) atoms. The van der Waals surface area contributed by atoms with Crippen molar-refractivity contribution in [3.63, 3.8) is 0 Å². The van der Waals surface area contributed by atoms with Crippen LogP contribution >= 0.6 is 0 Å². The molecule has 232 valence electrons. The molecule has 1 aliphatic carbocycles. The fourth-order valence-corrected chi connectivity index (χ4v) is 7.69. The molecule has 3 heteroatoms. The van der Waals surface area contributed by atoms with Gasteiger partial charge in [-0.1, -0.05) is 121 Å². The number of anilines is 3. The lowest BCUT2D eigenvalue weighted by molar-refractivity contribution is 0.669. The number of nitrogens with zero attached hydrogens (tertiary/aromatic N) is 1. The monoisotopic (exact) mass is 629 g/mol. The van der Waals surface area contributed by atoms with Gasteiger partial charge in [0.1, 0.15) is 16.7 Å². The topological polar surface area (TPSA) is 29.5 Å². The number of fused-ring (bicyclic) bond motifs is 8. The van der Waals surface area contributed by atoms with E-state index in [9.17, 15) is 0 Å². The average Bonchev–Trinajstić information content (AvgIpc) is 3.75. The summed E-state index contributed by atoms with van der Waals surface area (Å²) < 4.78 is 13.2. The summed E-state index contributed by atoms with van der Waals surface area (Å²) in [6, 6.07) is 51.7. The number of allylic oxidation sites excluding steroid dienone is 4. The van der Waals surface area contributed by atoms with E-state index in [0.29, 0.717) is 0 Å². The highest BCUT2D eigenvalue weighted by Gasteiger charge is 2.23. The lowest BCUT2D eigenvalue weighted by Crippen LogP contribution is -2.12. The molecule has 3 nitrogen and oxygen atoms in total. The van der Waals surface area contributed by atoms with Crippen LogP contribution in [0.25, 0.3) is 71.3 Å². The van der Waals surface area contributed by atoms with E-state index in [1.54, 1.807) is 0 Å². The molecule has 0 N–H and O–H groups in total. The van der Waals surface area contributed by atoms with Gasteiger partial charge >= 0.3 is 0 Å². The summed E-state index contributed by atoms with van der Waals surface area (Å²) >= 11 is 0. The molecular weight excluding hydrogens is 599 g/mol. The predicted octanol–water partition coefficient (Wildman–Crippen LogP) is 13.5. The highest BCUT2D eigenvalue weighted by Crippen LogP contribution is 2.46. The summed E-state index contributed by atoms with van der Waals surface area (Å²) in [6.45, 7) is 0. The van der Waals surface area contributed by atoms with Gasteiger partial charge in [-0.2, -0.15) is 0 Å². The Morgan fingerprint density at radius 1 is 0.510 bits per heavy atom. The highest BCUT2D eigenvalue weighted by atomic mass is 16.3. The first-order chi connectivity index (χ1) is 24.3. The standard InChI is InChI=1S/C46H31NO2/c1-2-13-30(14-3-1)34-18-6-8-23-40(34)47(41-24-11-22-38-37-20-7-9-25-42(37)48-46(38)41)33-17-10-16-32(29-33)35-21-12-26-43-44(35)39-28-27-31-15-4-5-19-36(31)45(39)49-43/h1-2,4-13,15-29H,3,14H2. The van der Waals surface area contributed by atoms with Crippen LogP contribution in [-0.4, -0.2) is 0 Å². The van der Waals surface area contributed by atoms with Gasteiger partial charge in [-0.3, -0.25) is 0 Å². The van der Waals surface area contributed by atoms with Crippen molar-refractivity contribution in [3.05, 3.63) is 169 Å². The highest BCUT2D eigenvalue weighted by molar-refractivity contribution is 6.19. The van der Waals surface area contributed by atoms with E-state index in [1.807, 2.05) is 6.07 Å². The number of hydrogen-bond donors (Lipinski definition) is 0. The molecule has 7 aromatic carbocycles. The minimum Gasteiger partial charge on any atom is -0.455 e. The summed E-state index contributed by atoms with van der Waals surface area (Å²) in [5.41, 5.74) is 11.6. The second-order valence-electron chi connectivity index (χ2n) is 12.8. The fraction of sp³-hybridized carbons (Fsp3) is 0.0435. The van der Waals surface area contributed by atoms with Crippen molar-refractivity contribution in [2.75, 3.05) is 4.90 Å². The third-order valence-electron chi connectivity index (χ3n) is 9.93. The van der Waals surface area contributed by atoms with Gasteiger partial charge in [0.2, 0.25) is 0 Å². The minimum absolute atomic E-state index is 0.872. The van der Waals surface area contributed by atoms with E-state index in [4.69, 9.17) is 8.83 Å². The van der Waals surface area contributed by atoms with Crippen molar-refractivity contribution >= 4 is 77.3 Å². The summed E-state index contributed by atoms with van der Waals surface area (Å²) in [5.74, 6) is 0. The number of hydrogen-bond acceptors (Lipinski definition) is 3. The van der Waals surface area contributed by atoms with Gasteiger partial charge in [-0.25, -0.2) is 0 Å². The van der Waals surface area contributed by atoms with Crippen LogP contribution < -0.4 is 4.90 Å². The van der Waals surface area contributed by atoms with Gasteiger partial charge in [0.15, 0.2) is 5.58 Å². The summed E-state index contributed by atoms with van der Waals surface area (Å²) in [7, 11) is 0. The fourth-order valence-electron chi connectivity index (χ4n) is 7.69. The van der Waals surface area contributed by atoms with Crippen LogP contribution in [0.15, 0.2) is 173 Å². The summed E-state index contributed by atoms with van der Waals surface area (Å²) in [5, 5.41) is 6.78. The van der Waals surface area contributed by atoms with E-state index in [2.05, 4.69) is 163 Å². The van der Waals surface area contributed by atoms with E-state index >= 15 is 0 Å². The van der Waals surface area contributed by atoms with E-state index < -0.39 is 0 Å². The van der Waals surface area contributed by atoms with Crippen molar-refractivity contribution < 1.29 is 8.83 Å². The number of rotatable bonds is 5. The smallest absolute Gasteiger partial charge is 0.159 e. The van der Waals surface area contributed by atoms with Crippen LogP contribution in [0.3, 0.4) is 0 Å². The Balaban J connectivity index is 1.22. The van der Waals surface area contributed by atoms with Crippen LogP contribution in [-0.2, 0) is 0 Å². The quantitative estimate of drug-likeness (QED) is 0.190. The molecule has 0 saturated carbocycles. The Hall–Kier alpha value is -6.32. The Labute approximate surface area is 283 Å². The maximum Gasteiger partial charge on any atom is 0.159 e. The van der Waals surface area contributed by atoms with Crippen LogP contribution in [0.2, 0.25) is 0 Å². The predicted molar refractivity (Wildman–Crippen MR) is 205 cm³/mol. The van der Waals surface area contributed by atoms with Gasteiger partial charge in [0.25, 0.3) is 0 Å². The third kappa shape index (κ3) is 4.43. The summed E-state index contributed by atoms with van der Waals surface area (Å²) in [6.07, 6.45) is 8.71. The first-order valence-electron chi connectivity index (χ1n) is 16.9. The van der Waals surface area contributed by atoms with Crippen LogP contribution in [0.1, 0.15) is 18.4 Å². The molecule has 0 fully saturated rings. The summed E-state index contributed by atoms with van der Waals surface area (Å²) in [4.78, 5) is 2.38. The molecule has 10 rings (SSSR count). The lowest BCUT2D eigenvalue weighted by atomic mass is 9.94. The molecule has 2 aromatic heterocycles. The molecule has 0 atom stereocenters. The van der Waals surface area contributed by atoms with Gasteiger partial charge < -0.3 is 13.7 Å². The molecule has 1 aliphatic rings. The molecule has 0 saturated heterocycles. The van der Waals surface area contributed by atoms with Crippen molar-refractivity contribution in [2.45, 2.75) is 12.8 Å². The second kappa shape index (κ2) is 11.1. The zero-order chi connectivity index (χ0) is 32.3.